The Balaban J connectivity index is 1.62. The quantitative estimate of drug-likeness (QED) is 0.527. The van der Waals surface area contributed by atoms with Gasteiger partial charge in [-0.25, -0.2) is 0 Å². The Morgan fingerprint density at radius 2 is 1.75 bits per heavy atom. The van der Waals surface area contributed by atoms with Gasteiger partial charge >= 0.3 is 0 Å². The maximum atomic E-state index is 12.2. The van der Waals surface area contributed by atoms with Crippen molar-refractivity contribution in [3.05, 3.63) is 60.2 Å². The maximum Gasteiger partial charge on any atom is 0.288 e. The van der Waals surface area contributed by atoms with Crippen molar-refractivity contribution in [3.63, 3.8) is 0 Å². The fourth-order valence-electron chi connectivity index (χ4n) is 2.16. The average molecular weight is 350 g/mol. The van der Waals surface area contributed by atoms with Crippen molar-refractivity contribution in [3.8, 4) is 0 Å². The normalized spacial score (nSPS) is 10.6. The Hall–Kier alpha value is -2.08. The zero-order valence-corrected chi connectivity index (χ0v) is 14.0. The molecule has 0 bridgehead atoms. The van der Waals surface area contributed by atoms with Crippen molar-refractivity contribution in [2.24, 2.45) is 0 Å². The van der Waals surface area contributed by atoms with Crippen LogP contribution in [0, 0.1) is 0 Å². The molecule has 2 aromatic carbocycles. The van der Waals surface area contributed by atoms with Crippen LogP contribution in [0.15, 0.2) is 59.5 Å². The molecule has 1 amide bonds. The van der Waals surface area contributed by atoms with Crippen LogP contribution in [0.1, 0.15) is 12.0 Å². The van der Waals surface area contributed by atoms with Crippen LogP contribution in [0.2, 0.25) is 0 Å². The van der Waals surface area contributed by atoms with E-state index >= 15 is 0 Å². The number of hydrogen-bond acceptors (Lipinski definition) is 3. The van der Waals surface area contributed by atoms with Crippen molar-refractivity contribution in [1.29, 1.82) is 0 Å². The Kier molecular flexibility index (Phi) is 7.55. The molecule has 0 aliphatic carbocycles. The third-order valence-corrected chi connectivity index (χ3v) is 4.06. The van der Waals surface area contributed by atoms with Crippen LogP contribution in [-0.2, 0) is 11.2 Å². The molecule has 0 spiro atoms. The number of carbonyl (C=O) groups is 1. The maximum absolute atomic E-state index is 12.2. The largest absolute Gasteiger partial charge is 0.376 e. The predicted molar refractivity (Wildman–Crippen MR) is 94.6 cm³/mol. The fourth-order valence-corrected chi connectivity index (χ4v) is 2.66. The molecule has 2 N–H and O–H groups in total. The number of carbonyl (C=O) groups excluding carboxylic acids is 1. The number of aryl methyl sites for hydroxylation is 1. The number of halogens is 2. The minimum absolute atomic E-state index is 0.0888. The topological polar surface area (TPSA) is 41.1 Å². The molecule has 0 saturated heterocycles. The highest BCUT2D eigenvalue weighted by molar-refractivity contribution is 7.99. The van der Waals surface area contributed by atoms with Gasteiger partial charge in [0.05, 0.1) is 6.54 Å². The summed E-state index contributed by atoms with van der Waals surface area (Å²) in [5.41, 5.74) is 1.99. The Morgan fingerprint density at radius 1 is 1.04 bits per heavy atom. The van der Waals surface area contributed by atoms with E-state index in [1.807, 2.05) is 18.2 Å². The van der Waals surface area contributed by atoms with E-state index in [2.05, 4.69) is 22.8 Å². The van der Waals surface area contributed by atoms with Crippen molar-refractivity contribution in [1.82, 2.24) is 5.32 Å². The van der Waals surface area contributed by atoms with Gasteiger partial charge in [0.25, 0.3) is 5.76 Å². The van der Waals surface area contributed by atoms with E-state index in [0.717, 1.165) is 18.5 Å². The Morgan fingerprint density at radius 3 is 2.42 bits per heavy atom. The predicted octanol–water partition coefficient (Wildman–Crippen LogP) is 4.16. The van der Waals surface area contributed by atoms with Crippen LogP contribution in [-0.4, -0.2) is 24.8 Å². The average Bonchev–Trinajstić information content (AvgIpc) is 2.58. The van der Waals surface area contributed by atoms with Gasteiger partial charge in [0, 0.05) is 17.1 Å². The summed E-state index contributed by atoms with van der Waals surface area (Å²) in [6.45, 7) is 0.784. The highest BCUT2D eigenvalue weighted by Gasteiger charge is 2.05. The third kappa shape index (κ3) is 7.00. The number of rotatable bonds is 9. The highest BCUT2D eigenvalue weighted by Crippen LogP contribution is 2.25. The monoisotopic (exact) mass is 350 g/mol. The molecule has 3 nitrogen and oxygen atoms in total. The minimum atomic E-state index is -2.43. The molecule has 0 aromatic heterocycles. The van der Waals surface area contributed by atoms with Gasteiger partial charge in [-0.2, -0.15) is 8.78 Å². The van der Waals surface area contributed by atoms with E-state index in [9.17, 15) is 13.6 Å². The van der Waals surface area contributed by atoms with E-state index in [-0.39, 0.29) is 12.5 Å². The first-order valence-corrected chi connectivity index (χ1v) is 8.61. The second-order valence-electron chi connectivity index (χ2n) is 5.20. The summed E-state index contributed by atoms with van der Waals surface area (Å²) >= 11 is 0.503. The van der Waals surface area contributed by atoms with Gasteiger partial charge < -0.3 is 10.6 Å². The van der Waals surface area contributed by atoms with Gasteiger partial charge in [-0.05, 0) is 42.7 Å². The molecular weight excluding hydrogens is 330 g/mol. The molecule has 2 aromatic rings. The zero-order valence-electron chi connectivity index (χ0n) is 13.2. The van der Waals surface area contributed by atoms with Crippen LogP contribution in [0.3, 0.4) is 0 Å². The first-order chi connectivity index (χ1) is 11.6. The summed E-state index contributed by atoms with van der Waals surface area (Å²) in [7, 11) is 0. The van der Waals surface area contributed by atoms with E-state index in [1.54, 1.807) is 24.3 Å². The molecule has 0 heterocycles. The van der Waals surface area contributed by atoms with Crippen molar-refractivity contribution in [2.75, 3.05) is 18.4 Å². The smallest absolute Gasteiger partial charge is 0.288 e. The molecule has 0 aliphatic heterocycles. The lowest BCUT2D eigenvalue weighted by Gasteiger charge is -2.08. The second kappa shape index (κ2) is 9.93. The van der Waals surface area contributed by atoms with E-state index in [0.29, 0.717) is 23.2 Å². The first kappa shape index (κ1) is 18.3. The fraction of sp³-hybridized carbons (Fsp3) is 0.278. The summed E-state index contributed by atoms with van der Waals surface area (Å²) in [6, 6.07) is 16.7. The van der Waals surface area contributed by atoms with Gasteiger partial charge in [-0.1, -0.05) is 42.1 Å². The first-order valence-electron chi connectivity index (χ1n) is 7.73. The minimum Gasteiger partial charge on any atom is -0.376 e. The summed E-state index contributed by atoms with van der Waals surface area (Å²) in [5.74, 6) is -2.51. The molecule has 0 unspecified atom stereocenters. The Labute approximate surface area is 144 Å². The van der Waals surface area contributed by atoms with Crippen molar-refractivity contribution < 1.29 is 13.6 Å². The lowest BCUT2D eigenvalue weighted by atomic mass is 10.1. The van der Waals surface area contributed by atoms with Crippen molar-refractivity contribution in [2.45, 2.75) is 23.5 Å². The summed E-state index contributed by atoms with van der Waals surface area (Å²) in [4.78, 5) is 12.3. The lowest BCUT2D eigenvalue weighted by Crippen LogP contribution is -2.30. The molecular formula is C18H20F2N2OS. The van der Waals surface area contributed by atoms with E-state index < -0.39 is 5.76 Å². The molecule has 0 aliphatic rings. The summed E-state index contributed by atoms with van der Waals surface area (Å²) < 4.78 is 24.5. The molecule has 128 valence electrons. The number of alkyl halides is 2. The van der Waals surface area contributed by atoms with Gasteiger partial charge in [0.2, 0.25) is 5.91 Å². The van der Waals surface area contributed by atoms with E-state index in [4.69, 9.17) is 0 Å². The second-order valence-corrected chi connectivity index (χ2v) is 6.26. The number of anilines is 1. The number of nitrogens with one attached hydrogen (secondary N) is 2. The number of thioether (sulfide) groups is 1. The van der Waals surface area contributed by atoms with Gasteiger partial charge in [0.1, 0.15) is 0 Å². The standard InChI is InChI=1S/C18H20F2N2OS/c19-18(20)24-16-10-8-15(9-11-16)22-13-17(23)21-12-4-7-14-5-2-1-3-6-14/h1-3,5-6,8-11,18,22H,4,7,12-13H2,(H,21,23). The van der Waals surface area contributed by atoms with Crippen LogP contribution >= 0.6 is 11.8 Å². The highest BCUT2D eigenvalue weighted by atomic mass is 32.2. The molecule has 2 rings (SSSR count). The van der Waals surface area contributed by atoms with Crippen LogP contribution < -0.4 is 10.6 Å². The van der Waals surface area contributed by atoms with E-state index in [1.165, 1.54) is 5.56 Å². The van der Waals surface area contributed by atoms with Crippen LogP contribution in [0.4, 0.5) is 14.5 Å². The molecule has 0 atom stereocenters. The van der Waals surface area contributed by atoms with Crippen LogP contribution in [0.5, 0.6) is 0 Å². The van der Waals surface area contributed by atoms with Crippen LogP contribution in [0.25, 0.3) is 0 Å². The lowest BCUT2D eigenvalue weighted by molar-refractivity contribution is -0.119. The number of amides is 1. The summed E-state index contributed by atoms with van der Waals surface area (Å²) in [6.07, 6.45) is 1.81. The molecule has 0 saturated carbocycles. The SMILES string of the molecule is O=C(CNc1ccc(SC(F)F)cc1)NCCCc1ccccc1. The third-order valence-electron chi connectivity index (χ3n) is 3.34. The molecule has 24 heavy (non-hydrogen) atoms. The molecule has 0 radical (unpaired) electrons. The van der Waals surface area contributed by atoms with Gasteiger partial charge in [-0.3, -0.25) is 4.79 Å². The summed E-state index contributed by atoms with van der Waals surface area (Å²) in [5, 5.41) is 5.83. The molecule has 6 heteroatoms. The van der Waals surface area contributed by atoms with Gasteiger partial charge in [0.15, 0.2) is 0 Å². The van der Waals surface area contributed by atoms with Crippen molar-refractivity contribution >= 4 is 23.4 Å². The zero-order chi connectivity index (χ0) is 17.2. The number of hydrogen-bond donors (Lipinski definition) is 2. The Bertz CT molecular complexity index is 621. The number of benzene rings is 2. The van der Waals surface area contributed by atoms with Gasteiger partial charge in [-0.15, -0.1) is 0 Å². The molecule has 0 fully saturated rings.